The Balaban J connectivity index is 1.53. The summed E-state index contributed by atoms with van der Waals surface area (Å²) in [7, 11) is 0. The maximum Gasteiger partial charge on any atom is 0.280 e. The van der Waals surface area contributed by atoms with Gasteiger partial charge in [-0.25, -0.2) is 14.7 Å². The molecule has 0 N–H and O–H groups in total. The van der Waals surface area contributed by atoms with Crippen LogP contribution in [-0.2, 0) is 9.53 Å². The van der Waals surface area contributed by atoms with Gasteiger partial charge in [-0.2, -0.15) is 5.10 Å². The number of ether oxygens (including phenoxy) is 1. The molecule has 1 amide bonds. The van der Waals surface area contributed by atoms with E-state index in [9.17, 15) is 4.79 Å². The molecule has 2 saturated heterocycles. The number of nitrogens with zero attached hydrogens (tertiary/aromatic N) is 4. The molecule has 0 spiro atoms. The van der Waals surface area contributed by atoms with Gasteiger partial charge in [0, 0.05) is 30.4 Å². The number of para-hydroxylation sites is 1. The average Bonchev–Trinajstić information content (AvgIpc) is 3.36. The summed E-state index contributed by atoms with van der Waals surface area (Å²) in [5, 5.41) is 8.40. The van der Waals surface area contributed by atoms with E-state index in [1.54, 1.807) is 5.01 Å². The third-order valence-electron chi connectivity index (χ3n) is 5.14. The molecule has 1 aromatic heterocycles. The molecule has 2 fully saturated rings. The molecule has 6 nitrogen and oxygen atoms in total. The first kappa shape index (κ1) is 20.1. The van der Waals surface area contributed by atoms with Crippen LogP contribution in [0.1, 0.15) is 5.56 Å². The first-order valence-corrected chi connectivity index (χ1v) is 11.2. The van der Waals surface area contributed by atoms with Gasteiger partial charge in [-0.1, -0.05) is 72.5 Å². The number of hydrogen-bond acceptors (Lipinski definition) is 6. The lowest BCUT2D eigenvalue weighted by atomic mass is 10.1. The maximum atomic E-state index is 13.2. The molecule has 2 aromatic carbocycles. The van der Waals surface area contributed by atoms with Gasteiger partial charge in [-0.15, -0.1) is 0 Å². The number of carbonyl (C=O) groups excluding carboxylic acids is 1. The molecule has 31 heavy (non-hydrogen) atoms. The lowest BCUT2D eigenvalue weighted by Gasteiger charge is -2.33. The highest BCUT2D eigenvalue weighted by Gasteiger charge is 2.37. The summed E-state index contributed by atoms with van der Waals surface area (Å²) in [5.74, 6) is -0.0941. The summed E-state index contributed by atoms with van der Waals surface area (Å²) in [4.78, 5) is 13.8. The quantitative estimate of drug-likeness (QED) is 0.444. The average molecular weight is 449 g/mol. The Bertz CT molecular complexity index is 1140. The number of benzene rings is 2. The lowest BCUT2D eigenvalue weighted by Crippen LogP contribution is -2.50. The highest BCUT2D eigenvalue weighted by atomic mass is 32.2. The third kappa shape index (κ3) is 4.07. The summed E-state index contributed by atoms with van der Waals surface area (Å²) in [6, 6.07) is 19.9. The molecule has 0 saturated carbocycles. The van der Waals surface area contributed by atoms with E-state index in [2.05, 4.69) is 0 Å². The number of rotatable bonds is 4. The monoisotopic (exact) mass is 448 g/mol. The van der Waals surface area contributed by atoms with Crippen molar-refractivity contribution in [1.29, 1.82) is 0 Å². The van der Waals surface area contributed by atoms with Crippen LogP contribution in [0.25, 0.3) is 23.0 Å². The molecular formula is C23H20N4O2S2. The second-order valence-electron chi connectivity index (χ2n) is 7.14. The second kappa shape index (κ2) is 8.76. The topological polar surface area (TPSA) is 50.6 Å². The summed E-state index contributed by atoms with van der Waals surface area (Å²) in [5.41, 5.74) is 3.64. The molecule has 3 heterocycles. The van der Waals surface area contributed by atoms with Gasteiger partial charge in [0.25, 0.3) is 5.91 Å². The van der Waals surface area contributed by atoms with E-state index in [4.69, 9.17) is 22.1 Å². The Kier molecular flexibility index (Phi) is 5.69. The van der Waals surface area contributed by atoms with Crippen LogP contribution in [-0.4, -0.2) is 56.3 Å². The fourth-order valence-corrected chi connectivity index (χ4v) is 4.92. The number of aromatic nitrogens is 2. The smallest absolute Gasteiger partial charge is 0.280 e. The zero-order valence-electron chi connectivity index (χ0n) is 16.7. The van der Waals surface area contributed by atoms with E-state index in [1.165, 1.54) is 11.8 Å². The fourth-order valence-electron chi connectivity index (χ4n) is 3.62. The van der Waals surface area contributed by atoms with E-state index in [0.717, 1.165) is 22.5 Å². The largest absolute Gasteiger partial charge is 0.379 e. The van der Waals surface area contributed by atoms with Crippen molar-refractivity contribution in [2.45, 2.75) is 0 Å². The van der Waals surface area contributed by atoms with E-state index in [-0.39, 0.29) is 5.91 Å². The zero-order chi connectivity index (χ0) is 21.2. The second-order valence-corrected chi connectivity index (χ2v) is 8.81. The minimum absolute atomic E-state index is 0.0941. The van der Waals surface area contributed by atoms with Gasteiger partial charge in [-0.3, -0.25) is 4.79 Å². The molecule has 2 aliphatic rings. The van der Waals surface area contributed by atoms with Crippen LogP contribution in [0.4, 0.5) is 0 Å². The van der Waals surface area contributed by atoms with Crippen molar-refractivity contribution in [2.24, 2.45) is 0 Å². The molecule has 0 aliphatic carbocycles. The predicted octanol–water partition coefficient (Wildman–Crippen LogP) is 3.99. The van der Waals surface area contributed by atoms with Gasteiger partial charge in [0.15, 0.2) is 4.32 Å². The number of hydrazine groups is 1. The van der Waals surface area contributed by atoms with E-state index < -0.39 is 0 Å². The third-order valence-corrected chi connectivity index (χ3v) is 6.42. The molecule has 0 bridgehead atoms. The van der Waals surface area contributed by atoms with Crippen LogP contribution in [0.5, 0.6) is 0 Å². The van der Waals surface area contributed by atoms with Crippen LogP contribution in [0.3, 0.4) is 0 Å². The molecule has 0 atom stereocenters. The first-order chi connectivity index (χ1) is 15.2. The minimum Gasteiger partial charge on any atom is -0.379 e. The van der Waals surface area contributed by atoms with Crippen molar-refractivity contribution in [3.8, 4) is 16.9 Å². The molecule has 156 valence electrons. The molecule has 2 aliphatic heterocycles. The normalized spacial score (nSPS) is 18.8. The van der Waals surface area contributed by atoms with Gasteiger partial charge < -0.3 is 4.74 Å². The van der Waals surface area contributed by atoms with Gasteiger partial charge >= 0.3 is 0 Å². The van der Waals surface area contributed by atoms with E-state index >= 15 is 0 Å². The van der Waals surface area contributed by atoms with Crippen molar-refractivity contribution in [1.82, 2.24) is 19.8 Å². The zero-order valence-corrected chi connectivity index (χ0v) is 18.3. The Hall–Kier alpha value is -2.78. The van der Waals surface area contributed by atoms with Crippen molar-refractivity contribution < 1.29 is 9.53 Å². The Morgan fingerprint density at radius 2 is 1.68 bits per heavy atom. The van der Waals surface area contributed by atoms with Crippen LogP contribution in [0, 0.1) is 0 Å². The minimum atomic E-state index is -0.0941. The first-order valence-electron chi connectivity index (χ1n) is 10.0. The lowest BCUT2D eigenvalue weighted by molar-refractivity contribution is -0.138. The number of amides is 1. The molecule has 0 radical (unpaired) electrons. The van der Waals surface area contributed by atoms with Crippen LogP contribution in [0.15, 0.2) is 71.8 Å². The molecule has 5 rings (SSSR count). The fraction of sp³-hybridized carbons (Fsp3) is 0.174. The van der Waals surface area contributed by atoms with Crippen LogP contribution >= 0.6 is 24.0 Å². The molecule has 0 unspecified atom stereocenters. The Labute approximate surface area is 190 Å². The van der Waals surface area contributed by atoms with E-state index in [1.807, 2.05) is 82.6 Å². The van der Waals surface area contributed by atoms with Gasteiger partial charge in [0.2, 0.25) is 0 Å². The standard InChI is InChI=1S/C23H20N4O2S2/c28-22-20(31-23(30)27(22)25-11-13-29-14-12-25)15-18-16-26(19-9-5-2-6-10-19)24-21(18)17-7-3-1-4-8-17/h1-10,15-16H,11-14H2. The van der Waals surface area contributed by atoms with Gasteiger partial charge in [-0.05, 0) is 18.2 Å². The van der Waals surface area contributed by atoms with Crippen molar-refractivity contribution in [3.63, 3.8) is 0 Å². The Morgan fingerprint density at radius 1 is 1.00 bits per heavy atom. The highest BCUT2D eigenvalue weighted by Crippen LogP contribution is 2.35. The predicted molar refractivity (Wildman–Crippen MR) is 126 cm³/mol. The summed E-state index contributed by atoms with van der Waals surface area (Å²) < 4.78 is 7.80. The summed E-state index contributed by atoms with van der Waals surface area (Å²) in [6.07, 6.45) is 3.85. The molecule has 3 aromatic rings. The summed E-state index contributed by atoms with van der Waals surface area (Å²) >= 11 is 6.85. The maximum absolute atomic E-state index is 13.2. The van der Waals surface area contributed by atoms with Crippen molar-refractivity contribution in [3.05, 3.63) is 77.3 Å². The Morgan fingerprint density at radius 3 is 2.39 bits per heavy atom. The van der Waals surface area contributed by atoms with Crippen molar-refractivity contribution >= 4 is 40.3 Å². The number of thioether (sulfide) groups is 1. The number of morpholine rings is 1. The van der Waals surface area contributed by atoms with Gasteiger partial charge in [0.05, 0.1) is 29.5 Å². The molecule has 8 heteroatoms. The summed E-state index contributed by atoms with van der Waals surface area (Å²) in [6.45, 7) is 2.50. The van der Waals surface area contributed by atoms with Crippen LogP contribution < -0.4 is 0 Å². The molecular weight excluding hydrogens is 428 g/mol. The highest BCUT2D eigenvalue weighted by molar-refractivity contribution is 8.26. The van der Waals surface area contributed by atoms with E-state index in [0.29, 0.717) is 35.5 Å². The van der Waals surface area contributed by atoms with Crippen LogP contribution in [0.2, 0.25) is 0 Å². The number of thiocarbonyl (C=S) groups is 1. The van der Waals surface area contributed by atoms with Gasteiger partial charge in [0.1, 0.15) is 0 Å². The van der Waals surface area contributed by atoms with Crippen molar-refractivity contribution in [2.75, 3.05) is 26.3 Å². The number of carbonyl (C=O) groups is 1. The number of hydrogen-bond donors (Lipinski definition) is 0. The SMILES string of the molecule is O=C1C(=Cc2cn(-c3ccccc3)nc2-c2ccccc2)SC(=S)N1N1CCOCC1.